The van der Waals surface area contributed by atoms with Crippen LogP contribution in [-0.2, 0) is 11.3 Å². The van der Waals surface area contributed by atoms with Crippen LogP contribution in [0.3, 0.4) is 0 Å². The van der Waals surface area contributed by atoms with E-state index in [2.05, 4.69) is 11.9 Å². The third-order valence-electron chi connectivity index (χ3n) is 4.64. The minimum Gasteiger partial charge on any atom is -0.311 e. The number of nitrogens with zero attached hydrogens (tertiary/aromatic N) is 3. The number of carbonyl (C=O) groups is 1. The number of anilines is 1. The van der Waals surface area contributed by atoms with Crippen molar-refractivity contribution in [1.29, 1.82) is 0 Å². The number of aromatic nitrogens is 2. The first-order valence-electron chi connectivity index (χ1n) is 9.57. The number of hydrogen-bond acceptors (Lipinski definition) is 3. The Morgan fingerprint density at radius 2 is 1.79 bits per heavy atom. The number of benzene rings is 2. The van der Waals surface area contributed by atoms with Crippen molar-refractivity contribution in [3.05, 3.63) is 82.9 Å². The van der Waals surface area contributed by atoms with E-state index in [4.69, 9.17) is 0 Å². The summed E-state index contributed by atoms with van der Waals surface area (Å²) in [4.78, 5) is 31.6. The Labute approximate surface area is 165 Å². The van der Waals surface area contributed by atoms with Gasteiger partial charge in [0.2, 0.25) is 5.91 Å². The number of hydrogen-bond donors (Lipinski definition) is 0. The Kier molecular flexibility index (Phi) is 6.37. The molecule has 3 aromatic rings. The molecule has 1 amide bonds. The molecule has 0 aliphatic heterocycles. The van der Waals surface area contributed by atoms with Gasteiger partial charge in [-0.1, -0.05) is 61.4 Å². The van der Waals surface area contributed by atoms with Crippen molar-refractivity contribution < 1.29 is 4.79 Å². The molecule has 2 aromatic carbocycles. The van der Waals surface area contributed by atoms with Crippen LogP contribution < -0.4 is 10.5 Å². The molecule has 1 heterocycles. The third kappa shape index (κ3) is 4.74. The molecule has 0 radical (unpaired) electrons. The van der Waals surface area contributed by atoms with Gasteiger partial charge in [0.25, 0.3) is 5.56 Å². The van der Waals surface area contributed by atoms with Gasteiger partial charge in [-0.3, -0.25) is 14.2 Å². The highest BCUT2D eigenvalue weighted by molar-refractivity contribution is 5.93. The van der Waals surface area contributed by atoms with Gasteiger partial charge in [0, 0.05) is 23.9 Å². The van der Waals surface area contributed by atoms with E-state index < -0.39 is 0 Å². The van der Waals surface area contributed by atoms with E-state index in [1.54, 1.807) is 4.90 Å². The first-order valence-corrected chi connectivity index (χ1v) is 9.57. The van der Waals surface area contributed by atoms with Gasteiger partial charge in [-0.25, -0.2) is 4.98 Å². The smallest absolute Gasteiger partial charge is 0.254 e. The van der Waals surface area contributed by atoms with Gasteiger partial charge >= 0.3 is 0 Å². The standard InChI is InChI=1S/C23H25N3O2/c1-3-4-14-26(20-8-6-5-7-9-20)23(28)16-25-17-24-21(15-22(25)27)19-12-10-18(2)11-13-19/h5-13,15,17H,3-4,14,16H2,1-2H3. The number of rotatable bonds is 7. The lowest BCUT2D eigenvalue weighted by Crippen LogP contribution is -2.37. The zero-order valence-electron chi connectivity index (χ0n) is 16.3. The Bertz CT molecular complexity index is 979. The van der Waals surface area contributed by atoms with Gasteiger partial charge in [-0.2, -0.15) is 0 Å². The zero-order valence-corrected chi connectivity index (χ0v) is 16.3. The molecule has 0 atom stereocenters. The predicted molar refractivity (Wildman–Crippen MR) is 112 cm³/mol. The summed E-state index contributed by atoms with van der Waals surface area (Å²) in [5.74, 6) is -0.119. The van der Waals surface area contributed by atoms with Crippen LogP contribution in [0.2, 0.25) is 0 Å². The molecule has 0 aliphatic carbocycles. The molecule has 0 aliphatic rings. The first-order chi connectivity index (χ1) is 13.6. The summed E-state index contributed by atoms with van der Waals surface area (Å²) in [7, 11) is 0. The second-order valence-electron chi connectivity index (χ2n) is 6.84. The molecule has 0 fully saturated rings. The average molecular weight is 375 g/mol. The van der Waals surface area contributed by atoms with Crippen molar-refractivity contribution in [2.24, 2.45) is 0 Å². The van der Waals surface area contributed by atoms with Crippen molar-refractivity contribution in [3.63, 3.8) is 0 Å². The number of carbonyl (C=O) groups excluding carboxylic acids is 1. The van der Waals surface area contributed by atoms with E-state index in [0.29, 0.717) is 12.2 Å². The summed E-state index contributed by atoms with van der Waals surface area (Å²) in [6, 6.07) is 18.9. The summed E-state index contributed by atoms with van der Waals surface area (Å²) in [5, 5.41) is 0. The molecule has 0 bridgehead atoms. The van der Waals surface area contributed by atoms with E-state index in [0.717, 1.165) is 29.7 Å². The van der Waals surface area contributed by atoms with Gasteiger partial charge in [-0.05, 0) is 25.5 Å². The van der Waals surface area contributed by atoms with Gasteiger partial charge in [0.1, 0.15) is 6.54 Å². The molecule has 3 rings (SSSR count). The fourth-order valence-corrected chi connectivity index (χ4v) is 2.98. The summed E-state index contributed by atoms with van der Waals surface area (Å²) in [6.07, 6.45) is 3.35. The number of aryl methyl sites for hydroxylation is 1. The van der Waals surface area contributed by atoms with Crippen LogP contribution in [-0.4, -0.2) is 22.0 Å². The third-order valence-corrected chi connectivity index (χ3v) is 4.64. The Morgan fingerprint density at radius 3 is 2.43 bits per heavy atom. The Morgan fingerprint density at radius 1 is 1.07 bits per heavy atom. The summed E-state index contributed by atoms with van der Waals surface area (Å²) in [6.45, 7) is 4.70. The average Bonchev–Trinajstić information content (AvgIpc) is 2.71. The van der Waals surface area contributed by atoms with Crippen molar-refractivity contribution in [2.75, 3.05) is 11.4 Å². The van der Waals surface area contributed by atoms with Crippen LogP contribution in [0.15, 0.2) is 71.8 Å². The number of amides is 1. The highest BCUT2D eigenvalue weighted by Crippen LogP contribution is 2.17. The highest BCUT2D eigenvalue weighted by Gasteiger charge is 2.16. The minimum atomic E-state index is -0.234. The molecular weight excluding hydrogens is 350 g/mol. The molecule has 0 N–H and O–H groups in total. The van der Waals surface area contributed by atoms with Crippen LogP contribution in [0.25, 0.3) is 11.3 Å². The van der Waals surface area contributed by atoms with Crippen molar-refractivity contribution in [1.82, 2.24) is 9.55 Å². The summed E-state index contributed by atoms with van der Waals surface area (Å²) < 4.78 is 1.36. The predicted octanol–water partition coefficient (Wildman–Crippen LogP) is 4.05. The van der Waals surface area contributed by atoms with E-state index in [1.807, 2.05) is 61.5 Å². The number of para-hydroxylation sites is 1. The van der Waals surface area contributed by atoms with Gasteiger partial charge in [-0.15, -0.1) is 0 Å². The first kappa shape index (κ1) is 19.5. The van der Waals surface area contributed by atoms with Crippen LogP contribution >= 0.6 is 0 Å². The van der Waals surface area contributed by atoms with E-state index >= 15 is 0 Å². The van der Waals surface area contributed by atoms with Gasteiger partial charge < -0.3 is 4.90 Å². The maximum absolute atomic E-state index is 12.9. The second-order valence-corrected chi connectivity index (χ2v) is 6.84. The SMILES string of the molecule is CCCCN(C(=O)Cn1cnc(-c2ccc(C)cc2)cc1=O)c1ccccc1. The van der Waals surface area contributed by atoms with Crippen LogP contribution in [0, 0.1) is 6.92 Å². The Balaban J connectivity index is 1.80. The van der Waals surface area contributed by atoms with Crippen LogP contribution in [0.4, 0.5) is 5.69 Å². The lowest BCUT2D eigenvalue weighted by atomic mass is 10.1. The molecule has 0 saturated heterocycles. The zero-order chi connectivity index (χ0) is 19.9. The maximum atomic E-state index is 12.9. The topological polar surface area (TPSA) is 55.2 Å². The van der Waals surface area contributed by atoms with Crippen molar-refractivity contribution in [2.45, 2.75) is 33.2 Å². The molecule has 28 heavy (non-hydrogen) atoms. The lowest BCUT2D eigenvalue weighted by molar-refractivity contribution is -0.119. The molecule has 0 unspecified atom stereocenters. The lowest BCUT2D eigenvalue weighted by Gasteiger charge is -2.23. The summed E-state index contributed by atoms with van der Waals surface area (Å²) in [5.41, 5.74) is 3.26. The Hall–Kier alpha value is -3.21. The van der Waals surface area contributed by atoms with Gasteiger partial charge in [0.15, 0.2) is 0 Å². The van der Waals surface area contributed by atoms with Crippen molar-refractivity contribution >= 4 is 11.6 Å². The van der Waals surface area contributed by atoms with Crippen molar-refractivity contribution in [3.8, 4) is 11.3 Å². The molecule has 1 aromatic heterocycles. The normalized spacial score (nSPS) is 10.6. The minimum absolute atomic E-state index is 0.0291. The van der Waals surface area contributed by atoms with E-state index in [1.165, 1.54) is 17.0 Å². The quantitative estimate of drug-likeness (QED) is 0.626. The molecule has 144 valence electrons. The monoisotopic (exact) mass is 375 g/mol. The summed E-state index contributed by atoms with van der Waals surface area (Å²) >= 11 is 0. The van der Waals surface area contributed by atoms with Crippen LogP contribution in [0.5, 0.6) is 0 Å². The maximum Gasteiger partial charge on any atom is 0.254 e. The second kappa shape index (κ2) is 9.13. The molecule has 0 saturated carbocycles. The van der Waals surface area contributed by atoms with E-state index in [-0.39, 0.29) is 18.0 Å². The highest BCUT2D eigenvalue weighted by atomic mass is 16.2. The molecular formula is C23H25N3O2. The molecule has 5 nitrogen and oxygen atoms in total. The van der Waals surface area contributed by atoms with Gasteiger partial charge in [0.05, 0.1) is 12.0 Å². The van der Waals surface area contributed by atoms with E-state index in [9.17, 15) is 9.59 Å². The number of unbranched alkanes of at least 4 members (excludes halogenated alkanes) is 1. The molecule has 5 heteroatoms. The fraction of sp³-hybridized carbons (Fsp3) is 0.261. The largest absolute Gasteiger partial charge is 0.311 e. The fourth-order valence-electron chi connectivity index (χ4n) is 2.98. The molecule has 0 spiro atoms. The van der Waals surface area contributed by atoms with Crippen LogP contribution in [0.1, 0.15) is 25.3 Å².